The molecule has 5 nitrogen and oxygen atoms in total. The van der Waals surface area contributed by atoms with Crippen molar-refractivity contribution in [1.29, 1.82) is 0 Å². The van der Waals surface area contributed by atoms with Gasteiger partial charge in [0.15, 0.2) is 5.82 Å². The van der Waals surface area contributed by atoms with Gasteiger partial charge in [-0.2, -0.15) is 39.5 Å². The number of halogens is 12. The highest BCUT2D eigenvalue weighted by Gasteiger charge is 2.73. The van der Waals surface area contributed by atoms with Crippen molar-refractivity contribution in [2.75, 3.05) is 17.2 Å². The second-order valence-electron chi connectivity index (χ2n) is 7.30. The maximum atomic E-state index is 14.7. The van der Waals surface area contributed by atoms with Gasteiger partial charge < -0.3 is 16.4 Å². The Morgan fingerprint density at radius 3 is 1.97 bits per heavy atom. The third-order valence-corrected chi connectivity index (χ3v) is 5.37. The van der Waals surface area contributed by atoms with Crippen LogP contribution < -0.4 is 16.4 Å². The Labute approximate surface area is 208 Å². The summed E-state index contributed by atoms with van der Waals surface area (Å²) in [5, 5.41) is 3.97. The number of alkyl halides is 10. The molecule has 4 N–H and O–H groups in total. The van der Waals surface area contributed by atoms with Gasteiger partial charge in [-0.1, -0.05) is 6.07 Å². The van der Waals surface area contributed by atoms with Crippen LogP contribution in [0.5, 0.6) is 0 Å². The molecule has 0 heterocycles. The van der Waals surface area contributed by atoms with Crippen molar-refractivity contribution in [2.45, 2.75) is 30.6 Å². The second kappa shape index (κ2) is 10.3. The number of nitrogens with two attached hydrogens (primary N) is 1. The van der Waals surface area contributed by atoms with Crippen LogP contribution >= 0.6 is 15.9 Å². The van der Waals surface area contributed by atoms with Crippen LogP contribution in [0.4, 0.5) is 59.7 Å². The van der Waals surface area contributed by atoms with Gasteiger partial charge in [0.1, 0.15) is 0 Å². The fraction of sp³-hybridized carbons (Fsp3) is 0.300. The summed E-state index contributed by atoms with van der Waals surface area (Å²) in [6.45, 7) is -0.189. The summed E-state index contributed by atoms with van der Waals surface area (Å²) in [6.07, 6.45) is -19.4. The van der Waals surface area contributed by atoms with Crippen LogP contribution in [-0.2, 0) is 16.6 Å². The van der Waals surface area contributed by atoms with E-state index in [1.54, 1.807) is 5.32 Å². The number of carbonyl (C=O) groups excluding carboxylic acids is 2. The molecular weight excluding hydrogens is 603 g/mol. The molecule has 0 fully saturated rings. The first-order valence-electron chi connectivity index (χ1n) is 9.57. The first-order valence-corrected chi connectivity index (χ1v) is 10.4. The van der Waals surface area contributed by atoms with E-state index in [4.69, 9.17) is 5.73 Å². The van der Waals surface area contributed by atoms with Crippen molar-refractivity contribution >= 4 is 39.1 Å². The lowest BCUT2D eigenvalue weighted by Crippen LogP contribution is -2.50. The van der Waals surface area contributed by atoms with Gasteiger partial charge in [-0.05, 0) is 40.2 Å². The van der Waals surface area contributed by atoms with Gasteiger partial charge in [0.05, 0.1) is 22.5 Å². The highest BCUT2D eigenvalue weighted by Crippen LogP contribution is 2.55. The molecule has 204 valence electrons. The first kappa shape index (κ1) is 30.1. The molecule has 2 aromatic carbocycles. The molecule has 0 aliphatic carbocycles. The molecule has 0 aromatic heterocycles. The number of amides is 2. The minimum Gasteiger partial charge on any atom is -0.382 e. The summed E-state index contributed by atoms with van der Waals surface area (Å²) in [7, 11) is 0. The number of hydrogen-bond acceptors (Lipinski definition) is 3. The molecule has 0 atom stereocenters. The van der Waals surface area contributed by atoms with Crippen molar-refractivity contribution < 1.29 is 57.9 Å². The SMILES string of the molecule is NC(=O)CCNc1cccc(C(=O)Nc2c(Br)cc(C(F)(C(F)(F)F)C(F)(F)F)cc2C(F)(F)F)c1F. The maximum absolute atomic E-state index is 14.7. The minimum atomic E-state index is -6.70. The molecule has 0 radical (unpaired) electrons. The molecule has 17 heteroatoms. The summed E-state index contributed by atoms with van der Waals surface area (Å²) >= 11 is 2.33. The second-order valence-corrected chi connectivity index (χ2v) is 8.15. The Kier molecular flexibility index (Phi) is 8.41. The van der Waals surface area contributed by atoms with Gasteiger partial charge >= 0.3 is 24.2 Å². The zero-order chi connectivity index (χ0) is 28.6. The normalized spacial score (nSPS) is 12.9. The highest BCUT2D eigenvalue weighted by molar-refractivity contribution is 9.10. The van der Waals surface area contributed by atoms with Crippen LogP contribution in [0.2, 0.25) is 0 Å². The Morgan fingerprint density at radius 1 is 0.919 bits per heavy atom. The summed E-state index contributed by atoms with van der Waals surface area (Å²) in [4.78, 5) is 23.3. The molecular formula is C20H13BrF11N3O2. The Hall–Kier alpha value is -3.11. The van der Waals surface area contributed by atoms with Gasteiger partial charge in [0, 0.05) is 23.0 Å². The van der Waals surface area contributed by atoms with E-state index in [-0.39, 0.29) is 24.7 Å². The smallest absolute Gasteiger partial charge is 0.382 e. The Morgan fingerprint density at radius 2 is 1.49 bits per heavy atom. The Balaban J connectivity index is 2.58. The monoisotopic (exact) mass is 615 g/mol. The number of carbonyl (C=O) groups is 2. The van der Waals surface area contributed by atoms with Crippen LogP contribution in [-0.4, -0.2) is 30.7 Å². The number of anilines is 2. The number of nitrogens with one attached hydrogen (secondary N) is 2. The maximum Gasteiger partial charge on any atom is 0.435 e. The number of hydrogen-bond donors (Lipinski definition) is 3. The number of benzene rings is 2. The average Bonchev–Trinajstić information content (AvgIpc) is 2.72. The highest BCUT2D eigenvalue weighted by atomic mass is 79.9. The van der Waals surface area contributed by atoms with E-state index in [1.165, 1.54) is 0 Å². The van der Waals surface area contributed by atoms with Crippen LogP contribution in [0.25, 0.3) is 0 Å². The van der Waals surface area contributed by atoms with Crippen molar-refractivity contribution in [3.63, 3.8) is 0 Å². The fourth-order valence-corrected chi connectivity index (χ4v) is 3.55. The largest absolute Gasteiger partial charge is 0.435 e. The predicted molar refractivity (Wildman–Crippen MR) is 111 cm³/mol. The molecule has 37 heavy (non-hydrogen) atoms. The summed E-state index contributed by atoms with van der Waals surface area (Å²) < 4.78 is 147. The molecule has 0 saturated heterocycles. The minimum absolute atomic E-state index is 0.189. The average molecular weight is 616 g/mol. The summed E-state index contributed by atoms with van der Waals surface area (Å²) in [5.74, 6) is -3.67. The quantitative estimate of drug-likeness (QED) is 0.314. The summed E-state index contributed by atoms with van der Waals surface area (Å²) in [5.41, 5.74) is -8.68. The van der Waals surface area contributed by atoms with E-state index < -0.39 is 74.7 Å². The fourth-order valence-electron chi connectivity index (χ4n) is 2.99. The molecule has 0 spiro atoms. The molecule has 0 saturated carbocycles. The van der Waals surface area contributed by atoms with E-state index in [9.17, 15) is 57.9 Å². The van der Waals surface area contributed by atoms with Crippen molar-refractivity contribution in [1.82, 2.24) is 0 Å². The number of rotatable bonds is 7. The van der Waals surface area contributed by atoms with Gasteiger partial charge in [-0.3, -0.25) is 9.59 Å². The van der Waals surface area contributed by atoms with E-state index in [1.807, 2.05) is 0 Å². The first-order chi connectivity index (χ1) is 16.7. The molecule has 0 aliphatic rings. The topological polar surface area (TPSA) is 84.2 Å². The van der Waals surface area contributed by atoms with E-state index >= 15 is 0 Å². The Bertz CT molecular complexity index is 1180. The molecule has 2 aromatic rings. The molecule has 0 bridgehead atoms. The number of primary amides is 1. The van der Waals surface area contributed by atoms with Crippen molar-refractivity contribution in [3.05, 3.63) is 57.3 Å². The summed E-state index contributed by atoms with van der Waals surface area (Å²) in [6, 6.07) is 1.99. The van der Waals surface area contributed by atoms with Crippen molar-refractivity contribution in [2.24, 2.45) is 5.73 Å². The third kappa shape index (κ3) is 6.24. The van der Waals surface area contributed by atoms with Crippen LogP contribution in [0.3, 0.4) is 0 Å². The lowest BCUT2D eigenvalue weighted by molar-refractivity contribution is -0.348. The molecule has 2 rings (SSSR count). The van der Waals surface area contributed by atoms with Crippen LogP contribution in [0.1, 0.15) is 27.9 Å². The van der Waals surface area contributed by atoms with Crippen LogP contribution in [0.15, 0.2) is 34.8 Å². The van der Waals surface area contributed by atoms with Gasteiger partial charge in [0.25, 0.3) is 5.91 Å². The van der Waals surface area contributed by atoms with E-state index in [0.717, 1.165) is 18.2 Å². The zero-order valence-electron chi connectivity index (χ0n) is 17.7. The van der Waals surface area contributed by atoms with Gasteiger partial charge in [-0.25, -0.2) is 8.78 Å². The van der Waals surface area contributed by atoms with Crippen LogP contribution in [0, 0.1) is 5.82 Å². The lowest BCUT2D eigenvalue weighted by atomic mass is 9.92. The van der Waals surface area contributed by atoms with Gasteiger partial charge in [-0.15, -0.1) is 0 Å². The molecule has 0 aliphatic heterocycles. The van der Waals surface area contributed by atoms with Gasteiger partial charge in [0.2, 0.25) is 5.91 Å². The molecule has 2 amide bonds. The molecule has 0 unspecified atom stereocenters. The third-order valence-electron chi connectivity index (χ3n) is 4.74. The standard InChI is InChI=1S/C20H13BrF11N3O2/c21-11-7-8(17(23,19(27,28)29)20(30,31)32)6-10(18(24,25)26)15(11)35-16(37)9-2-1-3-12(14(9)22)34-5-4-13(33)36/h1-3,6-7,34H,4-5H2,(H2,33,36)(H,35,37). The lowest BCUT2D eigenvalue weighted by Gasteiger charge is -2.31. The predicted octanol–water partition coefficient (Wildman–Crippen LogP) is 6.44. The van der Waals surface area contributed by atoms with E-state index in [2.05, 4.69) is 21.2 Å². The zero-order valence-corrected chi connectivity index (χ0v) is 19.3. The van der Waals surface area contributed by atoms with Crippen molar-refractivity contribution in [3.8, 4) is 0 Å². The van der Waals surface area contributed by atoms with E-state index in [0.29, 0.717) is 0 Å².